The van der Waals surface area contributed by atoms with E-state index in [0.717, 1.165) is 5.56 Å². The number of nitrogens with two attached hydrogens (primary N) is 1. The third-order valence-corrected chi connectivity index (χ3v) is 3.37. The van der Waals surface area contributed by atoms with Crippen molar-refractivity contribution in [3.63, 3.8) is 0 Å². The molecular weight excluding hydrogens is 244 g/mol. The highest BCUT2D eigenvalue weighted by Gasteiger charge is 2.28. The molecule has 0 saturated carbocycles. The van der Waals surface area contributed by atoms with Crippen LogP contribution in [0.15, 0.2) is 24.3 Å². The molecule has 0 radical (unpaired) electrons. The van der Waals surface area contributed by atoms with Gasteiger partial charge in [-0.3, -0.25) is 9.59 Å². The summed E-state index contributed by atoms with van der Waals surface area (Å²) in [5, 5.41) is 0. The zero-order valence-electron chi connectivity index (χ0n) is 11.2. The Kier molecular flexibility index (Phi) is 3.68. The first kappa shape index (κ1) is 13.7. The predicted octanol–water partition coefficient (Wildman–Crippen LogP) is 0.813. The van der Waals surface area contributed by atoms with E-state index in [0.29, 0.717) is 12.2 Å². The van der Waals surface area contributed by atoms with E-state index in [1.54, 1.807) is 12.1 Å². The summed E-state index contributed by atoms with van der Waals surface area (Å²) < 4.78 is 4.88. The van der Waals surface area contributed by atoms with E-state index in [-0.39, 0.29) is 30.4 Å². The number of imide groups is 1. The van der Waals surface area contributed by atoms with Crippen LogP contribution in [0.25, 0.3) is 0 Å². The highest BCUT2D eigenvalue weighted by Crippen LogP contribution is 2.25. The minimum atomic E-state index is -0.331. The molecule has 2 N–H and O–H groups in total. The van der Waals surface area contributed by atoms with Crippen molar-refractivity contribution in [2.45, 2.75) is 19.3 Å². The molecule has 0 bridgehead atoms. The monoisotopic (exact) mass is 262 g/mol. The molecule has 0 spiro atoms. The average molecular weight is 262 g/mol. The summed E-state index contributed by atoms with van der Waals surface area (Å²) in [5.41, 5.74) is 7.26. The van der Waals surface area contributed by atoms with Crippen LogP contribution in [0.3, 0.4) is 0 Å². The van der Waals surface area contributed by atoms with Gasteiger partial charge in [-0.2, -0.15) is 0 Å². The first-order valence-electron chi connectivity index (χ1n) is 6.20. The molecule has 102 valence electrons. The second-order valence-corrected chi connectivity index (χ2v) is 5.25. The van der Waals surface area contributed by atoms with Crippen molar-refractivity contribution < 1.29 is 14.3 Å². The van der Waals surface area contributed by atoms with E-state index >= 15 is 0 Å². The van der Waals surface area contributed by atoms with Gasteiger partial charge in [0.2, 0.25) is 0 Å². The van der Waals surface area contributed by atoms with Crippen LogP contribution in [0.5, 0.6) is 0 Å². The Hall–Kier alpha value is -1.72. The van der Waals surface area contributed by atoms with Crippen LogP contribution in [0.4, 0.5) is 5.69 Å². The van der Waals surface area contributed by atoms with E-state index in [2.05, 4.69) is 0 Å². The molecule has 1 saturated heterocycles. The van der Waals surface area contributed by atoms with Crippen molar-refractivity contribution in [2.75, 3.05) is 24.7 Å². The second kappa shape index (κ2) is 5.11. The van der Waals surface area contributed by atoms with Crippen LogP contribution in [0.1, 0.15) is 19.4 Å². The van der Waals surface area contributed by atoms with Gasteiger partial charge in [-0.05, 0) is 17.7 Å². The molecule has 1 aliphatic heterocycles. The Labute approximate surface area is 112 Å². The van der Waals surface area contributed by atoms with Gasteiger partial charge in [0.1, 0.15) is 13.2 Å². The lowest BCUT2D eigenvalue weighted by molar-refractivity contribution is -0.138. The van der Waals surface area contributed by atoms with Gasteiger partial charge in [0.15, 0.2) is 0 Å². The van der Waals surface area contributed by atoms with Crippen LogP contribution in [-0.4, -0.2) is 31.6 Å². The van der Waals surface area contributed by atoms with E-state index < -0.39 is 0 Å². The molecule has 19 heavy (non-hydrogen) atoms. The van der Waals surface area contributed by atoms with E-state index in [9.17, 15) is 9.59 Å². The lowest BCUT2D eigenvalue weighted by Gasteiger charge is -2.27. The predicted molar refractivity (Wildman–Crippen MR) is 71.8 cm³/mol. The molecule has 1 heterocycles. The summed E-state index contributed by atoms with van der Waals surface area (Å²) in [7, 11) is 0. The molecular formula is C14H18N2O3. The van der Waals surface area contributed by atoms with Crippen molar-refractivity contribution >= 4 is 17.5 Å². The number of rotatable bonds is 3. The molecule has 2 rings (SSSR count). The molecule has 5 heteroatoms. The number of hydrogen-bond donors (Lipinski definition) is 1. The number of morpholine rings is 1. The van der Waals surface area contributed by atoms with Gasteiger partial charge in [0.25, 0.3) is 11.8 Å². The Balaban J connectivity index is 2.27. The van der Waals surface area contributed by atoms with Crippen LogP contribution >= 0.6 is 0 Å². The quantitative estimate of drug-likeness (QED) is 0.818. The minimum absolute atomic E-state index is 0.0538. The molecule has 1 fully saturated rings. The number of carbonyl (C=O) groups is 2. The van der Waals surface area contributed by atoms with E-state index in [1.165, 1.54) is 4.90 Å². The molecule has 5 nitrogen and oxygen atoms in total. The maximum absolute atomic E-state index is 11.7. The highest BCUT2D eigenvalue weighted by molar-refractivity contribution is 6.16. The van der Waals surface area contributed by atoms with Crippen LogP contribution < -0.4 is 10.6 Å². The number of anilines is 1. The standard InChI is InChI=1S/C14H18N2O3/c1-14(2,9-15)10-3-5-11(6-4-10)16-12(17)7-19-8-13(16)18/h3-6H,7-9,15H2,1-2H3. The molecule has 0 aliphatic carbocycles. The fourth-order valence-corrected chi connectivity index (χ4v) is 1.96. The van der Waals surface area contributed by atoms with Crippen LogP contribution in [0.2, 0.25) is 0 Å². The molecule has 0 unspecified atom stereocenters. The van der Waals surface area contributed by atoms with E-state index in [4.69, 9.17) is 10.5 Å². The van der Waals surface area contributed by atoms with Crippen molar-refractivity contribution in [1.29, 1.82) is 0 Å². The zero-order chi connectivity index (χ0) is 14.0. The zero-order valence-corrected chi connectivity index (χ0v) is 11.2. The summed E-state index contributed by atoms with van der Waals surface area (Å²) >= 11 is 0. The fraction of sp³-hybridized carbons (Fsp3) is 0.429. The maximum Gasteiger partial charge on any atom is 0.259 e. The Bertz CT molecular complexity index is 478. The molecule has 1 aromatic rings. The molecule has 1 aromatic carbocycles. The maximum atomic E-state index is 11.7. The summed E-state index contributed by atoms with van der Waals surface area (Å²) in [6, 6.07) is 7.35. The minimum Gasteiger partial charge on any atom is -0.362 e. The fourth-order valence-electron chi connectivity index (χ4n) is 1.96. The molecule has 0 aromatic heterocycles. The Morgan fingerprint density at radius 3 is 2.16 bits per heavy atom. The third-order valence-electron chi connectivity index (χ3n) is 3.37. The van der Waals surface area contributed by atoms with Gasteiger partial charge in [-0.15, -0.1) is 0 Å². The van der Waals surface area contributed by atoms with Gasteiger partial charge in [0, 0.05) is 12.0 Å². The Morgan fingerprint density at radius 1 is 1.16 bits per heavy atom. The summed E-state index contributed by atoms with van der Waals surface area (Å²) in [4.78, 5) is 24.6. The van der Waals surface area contributed by atoms with Crippen molar-refractivity contribution in [3.05, 3.63) is 29.8 Å². The summed E-state index contributed by atoms with van der Waals surface area (Å²) in [6.07, 6.45) is 0. The van der Waals surface area contributed by atoms with Crippen molar-refractivity contribution in [3.8, 4) is 0 Å². The van der Waals surface area contributed by atoms with Gasteiger partial charge < -0.3 is 10.5 Å². The average Bonchev–Trinajstić information content (AvgIpc) is 2.39. The topological polar surface area (TPSA) is 72.6 Å². The smallest absolute Gasteiger partial charge is 0.259 e. The SMILES string of the molecule is CC(C)(CN)c1ccc(N2C(=O)COCC2=O)cc1. The second-order valence-electron chi connectivity index (χ2n) is 5.25. The Morgan fingerprint density at radius 2 is 1.68 bits per heavy atom. The van der Waals surface area contributed by atoms with Gasteiger partial charge in [0.05, 0.1) is 5.69 Å². The number of benzene rings is 1. The van der Waals surface area contributed by atoms with Gasteiger partial charge >= 0.3 is 0 Å². The van der Waals surface area contributed by atoms with Crippen LogP contribution in [-0.2, 0) is 19.7 Å². The van der Waals surface area contributed by atoms with E-state index in [1.807, 2.05) is 26.0 Å². The summed E-state index contributed by atoms with van der Waals surface area (Å²) in [6.45, 7) is 4.52. The lowest BCUT2D eigenvalue weighted by atomic mass is 9.85. The van der Waals surface area contributed by atoms with Crippen LogP contribution in [0, 0.1) is 0 Å². The first-order valence-corrected chi connectivity index (χ1v) is 6.20. The number of carbonyl (C=O) groups excluding carboxylic acids is 2. The number of amides is 2. The van der Waals surface area contributed by atoms with Gasteiger partial charge in [-0.25, -0.2) is 4.90 Å². The summed E-state index contributed by atoms with van der Waals surface area (Å²) in [5.74, 6) is -0.663. The molecule has 1 aliphatic rings. The largest absolute Gasteiger partial charge is 0.362 e. The number of nitrogens with zero attached hydrogens (tertiary/aromatic N) is 1. The number of hydrogen-bond acceptors (Lipinski definition) is 4. The third kappa shape index (κ3) is 2.67. The lowest BCUT2D eigenvalue weighted by Crippen LogP contribution is -2.46. The number of ether oxygens (including phenoxy) is 1. The van der Waals surface area contributed by atoms with Crippen molar-refractivity contribution in [2.24, 2.45) is 5.73 Å². The molecule has 0 atom stereocenters. The first-order chi connectivity index (χ1) is 8.95. The highest BCUT2D eigenvalue weighted by atomic mass is 16.5. The normalized spacial score (nSPS) is 16.9. The van der Waals surface area contributed by atoms with Gasteiger partial charge in [-0.1, -0.05) is 26.0 Å². The molecule has 2 amide bonds. The van der Waals surface area contributed by atoms with Crippen molar-refractivity contribution in [1.82, 2.24) is 0 Å².